The van der Waals surface area contributed by atoms with Gasteiger partial charge in [0.1, 0.15) is 11.9 Å². The molecular weight excluding hydrogens is 1120 g/mol. The van der Waals surface area contributed by atoms with E-state index in [1.165, 1.54) is 31.9 Å². The number of nitrogens with one attached hydrogen (secondary N) is 4. The zero-order valence-electron chi connectivity index (χ0n) is 54.6. The highest BCUT2D eigenvalue weighted by molar-refractivity contribution is 5.98. The molecule has 4 aromatic rings. The average Bonchev–Trinajstić information content (AvgIpc) is 3.02. The molecular formula is C70H105FN12O6. The largest absolute Gasteiger partial charge is 0.341 e. The Morgan fingerprint density at radius 3 is 2.09 bits per heavy atom. The SMILES string of the molecule is CCCC.CCNCC(C)CCN(C)C.O=C(NC(C(=O)N1CCN(CC2CCN(CC(=O)N3CCN(C(=O)c4cc(Cc5n[nH]c(=O)c6ccccc56)ccc4F)CC3)CC2)CC1)C1CCCCC1)c1cccc(C2CCCN(C(=O)CNC3CC3)C2)c1. The highest BCUT2D eigenvalue weighted by Crippen LogP contribution is 2.31. The van der Waals surface area contributed by atoms with Gasteiger partial charge in [-0.2, -0.15) is 5.10 Å². The van der Waals surface area contributed by atoms with Gasteiger partial charge in [-0.05, 0) is 164 Å². The van der Waals surface area contributed by atoms with Gasteiger partial charge in [0.15, 0.2) is 0 Å². The van der Waals surface area contributed by atoms with E-state index in [4.69, 9.17) is 0 Å². The van der Waals surface area contributed by atoms with Crippen LogP contribution in [-0.4, -0.2) is 218 Å². The van der Waals surface area contributed by atoms with Crippen LogP contribution in [0.2, 0.25) is 0 Å². The third-order valence-electron chi connectivity index (χ3n) is 19.1. The number of fused-ring (bicyclic) bond motifs is 1. The average molecular weight is 1230 g/mol. The molecule has 488 valence electrons. The third kappa shape index (κ3) is 20.7. The van der Waals surface area contributed by atoms with E-state index in [1.807, 2.05) is 45.0 Å². The molecule has 4 saturated heterocycles. The molecule has 89 heavy (non-hydrogen) atoms. The van der Waals surface area contributed by atoms with E-state index in [1.54, 1.807) is 29.2 Å². The monoisotopic (exact) mass is 1230 g/mol. The number of hydrogen-bond donors (Lipinski definition) is 4. The van der Waals surface area contributed by atoms with Crippen LogP contribution < -0.4 is 21.5 Å². The van der Waals surface area contributed by atoms with E-state index in [0.717, 1.165) is 134 Å². The van der Waals surface area contributed by atoms with Crippen LogP contribution in [0.15, 0.2) is 71.5 Å². The highest BCUT2D eigenvalue weighted by Gasteiger charge is 2.37. The lowest BCUT2D eigenvalue weighted by molar-refractivity contribution is -0.137. The molecule has 10 rings (SSSR count). The van der Waals surface area contributed by atoms with Gasteiger partial charge in [-0.3, -0.25) is 38.6 Å². The van der Waals surface area contributed by atoms with Crippen LogP contribution >= 0.6 is 0 Å². The molecule has 2 saturated carbocycles. The number of carbonyl (C=O) groups is 5. The Morgan fingerprint density at radius 1 is 0.708 bits per heavy atom. The second-order valence-electron chi connectivity index (χ2n) is 26.4. The number of benzene rings is 3. The van der Waals surface area contributed by atoms with Crippen molar-refractivity contribution >= 4 is 40.3 Å². The summed E-state index contributed by atoms with van der Waals surface area (Å²) in [6.07, 6.45) is 15.5. The molecule has 5 amide bonds. The minimum Gasteiger partial charge on any atom is -0.341 e. The van der Waals surface area contributed by atoms with Gasteiger partial charge in [-0.15, -0.1) is 0 Å². The van der Waals surface area contributed by atoms with Crippen LogP contribution in [0, 0.1) is 23.6 Å². The molecule has 0 bridgehead atoms. The van der Waals surface area contributed by atoms with E-state index in [2.05, 4.69) is 88.7 Å². The second kappa shape index (κ2) is 34.9. The van der Waals surface area contributed by atoms with Crippen molar-refractivity contribution in [3.05, 3.63) is 111 Å². The lowest BCUT2D eigenvalue weighted by Gasteiger charge is -2.41. The van der Waals surface area contributed by atoms with E-state index >= 15 is 4.39 Å². The Bertz CT molecular complexity index is 2960. The van der Waals surface area contributed by atoms with Gasteiger partial charge in [-0.1, -0.05) is 96.2 Å². The lowest BCUT2D eigenvalue weighted by Crippen LogP contribution is -2.57. The fraction of sp³-hybridized carbons (Fsp3) is 0.643. The van der Waals surface area contributed by atoms with Gasteiger partial charge < -0.3 is 40.4 Å². The zero-order chi connectivity index (χ0) is 63.2. The van der Waals surface area contributed by atoms with Gasteiger partial charge >= 0.3 is 0 Å². The number of amides is 5. The number of H-pyrrole nitrogens is 1. The van der Waals surface area contributed by atoms with Crippen LogP contribution in [0.5, 0.6) is 0 Å². The summed E-state index contributed by atoms with van der Waals surface area (Å²) >= 11 is 0. The number of piperazine rings is 2. The molecule has 5 heterocycles. The summed E-state index contributed by atoms with van der Waals surface area (Å²) in [5, 5.41) is 18.0. The normalized spacial score (nSPS) is 19.7. The van der Waals surface area contributed by atoms with Crippen molar-refractivity contribution < 1.29 is 28.4 Å². The Morgan fingerprint density at radius 2 is 1.40 bits per heavy atom. The second-order valence-corrected chi connectivity index (χ2v) is 26.4. The molecule has 6 aliphatic rings. The first-order valence-corrected chi connectivity index (χ1v) is 33.9. The Labute approximate surface area is 529 Å². The van der Waals surface area contributed by atoms with E-state index < -0.39 is 17.8 Å². The minimum atomic E-state index is -0.605. The number of aromatic amines is 1. The molecule has 1 aromatic heterocycles. The number of rotatable bonds is 22. The predicted octanol–water partition coefficient (Wildman–Crippen LogP) is 7.62. The van der Waals surface area contributed by atoms with Crippen molar-refractivity contribution in [2.24, 2.45) is 17.8 Å². The minimum absolute atomic E-state index is 0.0214. The van der Waals surface area contributed by atoms with E-state index in [0.29, 0.717) is 105 Å². The van der Waals surface area contributed by atoms with Gasteiger partial charge in [0, 0.05) is 101 Å². The number of hydrogen-bond acceptors (Lipinski definition) is 12. The quantitative estimate of drug-likeness (QED) is 0.0604. The Hall–Kier alpha value is -6.12. The molecule has 0 radical (unpaired) electrons. The number of likely N-dealkylation sites (tertiary alicyclic amines) is 2. The summed E-state index contributed by atoms with van der Waals surface area (Å²) in [4.78, 5) is 95.1. The van der Waals surface area contributed by atoms with Gasteiger partial charge in [0.2, 0.25) is 17.7 Å². The molecule has 3 atom stereocenters. The summed E-state index contributed by atoms with van der Waals surface area (Å²) in [5.41, 5.74) is 2.65. The van der Waals surface area contributed by atoms with Crippen molar-refractivity contribution in [1.82, 2.24) is 60.4 Å². The van der Waals surface area contributed by atoms with Crippen molar-refractivity contribution in [1.29, 1.82) is 0 Å². The van der Waals surface area contributed by atoms with E-state index in [9.17, 15) is 28.8 Å². The number of piperidine rings is 2. The fourth-order valence-electron chi connectivity index (χ4n) is 13.1. The molecule has 0 spiro atoms. The first-order valence-electron chi connectivity index (χ1n) is 33.9. The molecule has 3 unspecified atom stereocenters. The maximum absolute atomic E-state index is 15.1. The number of halogens is 1. The first-order chi connectivity index (χ1) is 43.1. The van der Waals surface area contributed by atoms with Crippen LogP contribution in [0.1, 0.15) is 161 Å². The number of unbranched alkanes of at least 4 members (excludes halogenated alkanes) is 1. The van der Waals surface area contributed by atoms with Crippen molar-refractivity contribution in [2.45, 2.75) is 142 Å². The maximum atomic E-state index is 15.1. The number of carbonyl (C=O) groups excluding carboxylic acids is 5. The van der Waals surface area contributed by atoms with Gasteiger partial charge in [-0.25, -0.2) is 9.49 Å². The molecule has 2 aliphatic carbocycles. The van der Waals surface area contributed by atoms with Crippen molar-refractivity contribution in [3.8, 4) is 0 Å². The Balaban J connectivity index is 0.000000608. The molecule has 19 heteroatoms. The topological polar surface area (TPSA) is 190 Å². The molecule has 4 aliphatic heterocycles. The third-order valence-corrected chi connectivity index (χ3v) is 19.1. The highest BCUT2D eigenvalue weighted by atomic mass is 19.1. The standard InChI is InChI=1S/C57H73FN10O6.C9H22N2.C4H10/c58-49-18-15-40(33-50-46-13-4-5-14-47(46)55(72)62-61-50)32-48(49)56(73)66-30-28-65(29-31-66)52(70)38-63-22-19-39(20-23-63)36-64-24-26-67(27-25-64)57(74)53(41-8-2-1-3-9-41)60-54(71)43-11-6-10-42(34-43)44-12-7-21-68(37-44)51(69)35-59-45-16-17-45;1-5-10-8-9(2)6-7-11(3)4;1-3-4-2/h4-6,10-11,13-15,18,32,34,39,41,44-45,53,59H,1-3,7-9,12,16-17,19-31,33,35-38H2,(H,60,71)(H,62,72);9-10H,5-8H2,1-4H3;3-4H2,1-2H3. The summed E-state index contributed by atoms with van der Waals surface area (Å²) < 4.78 is 15.1. The van der Waals surface area contributed by atoms with E-state index in [-0.39, 0.29) is 46.6 Å². The molecule has 4 N–H and O–H groups in total. The Kier molecular flexibility index (Phi) is 27.0. The van der Waals surface area contributed by atoms with Gasteiger partial charge in [0.25, 0.3) is 17.4 Å². The maximum Gasteiger partial charge on any atom is 0.272 e. The smallest absolute Gasteiger partial charge is 0.272 e. The summed E-state index contributed by atoms with van der Waals surface area (Å²) in [7, 11) is 4.25. The summed E-state index contributed by atoms with van der Waals surface area (Å²) in [6, 6.07) is 19.4. The van der Waals surface area contributed by atoms with Crippen LogP contribution in [0.4, 0.5) is 4.39 Å². The molecule has 3 aromatic carbocycles. The zero-order valence-corrected chi connectivity index (χ0v) is 54.6. The first kappa shape index (κ1) is 68.8. The fourth-order valence-corrected chi connectivity index (χ4v) is 13.1. The molecule has 18 nitrogen and oxygen atoms in total. The van der Waals surface area contributed by atoms with Crippen LogP contribution in [0.25, 0.3) is 10.8 Å². The predicted molar refractivity (Wildman–Crippen MR) is 352 cm³/mol. The lowest BCUT2D eigenvalue weighted by atomic mass is 9.83. The van der Waals surface area contributed by atoms with Crippen molar-refractivity contribution in [2.75, 3.05) is 132 Å². The van der Waals surface area contributed by atoms with Crippen LogP contribution in [-0.2, 0) is 20.8 Å². The number of aromatic nitrogens is 2. The van der Waals surface area contributed by atoms with Crippen LogP contribution in [0.3, 0.4) is 0 Å². The number of nitrogens with zero attached hydrogens (tertiary/aromatic N) is 8. The van der Waals surface area contributed by atoms with Crippen molar-refractivity contribution in [3.63, 3.8) is 0 Å². The van der Waals surface area contributed by atoms with Gasteiger partial charge in [0.05, 0.1) is 29.7 Å². The summed E-state index contributed by atoms with van der Waals surface area (Å²) in [5.74, 6) is 0.564. The molecule has 6 fully saturated rings. The summed E-state index contributed by atoms with van der Waals surface area (Å²) in [6.45, 7) is 21.2.